The highest BCUT2D eigenvalue weighted by Crippen LogP contribution is 2.29. The van der Waals surface area contributed by atoms with Crippen LogP contribution in [0.2, 0.25) is 0 Å². The van der Waals surface area contributed by atoms with Crippen molar-refractivity contribution in [3.8, 4) is 0 Å². The third-order valence-corrected chi connectivity index (χ3v) is 3.40. The van der Waals surface area contributed by atoms with Gasteiger partial charge in [-0.25, -0.2) is 9.97 Å². The molecule has 1 heterocycles. The maximum absolute atomic E-state index is 12.4. The van der Waals surface area contributed by atoms with Gasteiger partial charge in [0.15, 0.2) is 0 Å². The monoisotopic (exact) mass is 264 g/mol. The summed E-state index contributed by atoms with van der Waals surface area (Å²) >= 11 is 0. The van der Waals surface area contributed by atoms with Crippen LogP contribution in [0.25, 0.3) is 0 Å². The smallest absolute Gasteiger partial charge is 0.227 e. The molecule has 106 valence electrons. The van der Waals surface area contributed by atoms with Gasteiger partial charge in [0.2, 0.25) is 5.91 Å². The molecular weight excluding hydrogens is 240 g/mol. The van der Waals surface area contributed by atoms with Crippen LogP contribution in [0, 0.1) is 5.41 Å². The van der Waals surface area contributed by atoms with E-state index < -0.39 is 5.41 Å². The van der Waals surface area contributed by atoms with Crippen molar-refractivity contribution in [1.29, 1.82) is 0 Å². The second-order valence-corrected chi connectivity index (χ2v) is 4.87. The van der Waals surface area contributed by atoms with Gasteiger partial charge < -0.3 is 11.1 Å². The molecular formula is C14H24N4O. The standard InChI is InChI=1S/C14H24N4O/c1-3-6-14(10-15,7-4-2)13(19)17-9-12-5-8-16-11-18-12/h5,8,11H,3-4,6-7,9-10,15H2,1-2H3,(H,17,19). The molecule has 5 nitrogen and oxygen atoms in total. The fraction of sp³-hybridized carbons (Fsp3) is 0.643. The zero-order valence-corrected chi connectivity index (χ0v) is 11.9. The summed E-state index contributed by atoms with van der Waals surface area (Å²) in [5.74, 6) is 0.0392. The van der Waals surface area contributed by atoms with Gasteiger partial charge >= 0.3 is 0 Å². The number of nitrogens with zero attached hydrogens (tertiary/aromatic N) is 2. The molecule has 0 unspecified atom stereocenters. The summed E-state index contributed by atoms with van der Waals surface area (Å²) in [5.41, 5.74) is 6.24. The highest BCUT2D eigenvalue weighted by Gasteiger charge is 2.34. The van der Waals surface area contributed by atoms with Crippen molar-refractivity contribution in [2.45, 2.75) is 46.1 Å². The van der Waals surface area contributed by atoms with Gasteiger partial charge in [-0.1, -0.05) is 26.7 Å². The first-order valence-electron chi connectivity index (χ1n) is 6.91. The Morgan fingerprint density at radius 1 is 1.37 bits per heavy atom. The lowest BCUT2D eigenvalue weighted by atomic mass is 9.78. The highest BCUT2D eigenvalue weighted by atomic mass is 16.2. The van der Waals surface area contributed by atoms with Crippen LogP contribution in [-0.4, -0.2) is 22.4 Å². The van der Waals surface area contributed by atoms with Crippen molar-refractivity contribution in [3.63, 3.8) is 0 Å². The molecule has 0 fully saturated rings. The Balaban J connectivity index is 2.66. The van der Waals surface area contributed by atoms with Gasteiger partial charge in [-0.3, -0.25) is 4.79 Å². The number of amides is 1. The van der Waals surface area contributed by atoms with Crippen LogP contribution < -0.4 is 11.1 Å². The van der Waals surface area contributed by atoms with E-state index in [1.165, 1.54) is 6.33 Å². The number of carbonyl (C=O) groups is 1. The van der Waals surface area contributed by atoms with Crippen molar-refractivity contribution in [1.82, 2.24) is 15.3 Å². The average molecular weight is 264 g/mol. The van der Waals surface area contributed by atoms with E-state index in [2.05, 4.69) is 29.1 Å². The van der Waals surface area contributed by atoms with E-state index in [0.29, 0.717) is 13.1 Å². The molecule has 0 aliphatic carbocycles. The van der Waals surface area contributed by atoms with E-state index in [1.54, 1.807) is 12.3 Å². The predicted octanol–water partition coefficient (Wildman–Crippen LogP) is 1.64. The molecule has 0 aliphatic rings. The lowest BCUT2D eigenvalue weighted by Gasteiger charge is -2.30. The SMILES string of the molecule is CCCC(CN)(CCC)C(=O)NCc1ccncn1. The van der Waals surface area contributed by atoms with E-state index in [0.717, 1.165) is 31.4 Å². The van der Waals surface area contributed by atoms with E-state index in [4.69, 9.17) is 5.73 Å². The molecule has 1 amide bonds. The van der Waals surface area contributed by atoms with Gasteiger partial charge in [0.1, 0.15) is 6.33 Å². The molecule has 1 aromatic rings. The number of rotatable bonds is 8. The second kappa shape index (κ2) is 7.84. The van der Waals surface area contributed by atoms with Gasteiger partial charge in [0, 0.05) is 12.7 Å². The highest BCUT2D eigenvalue weighted by molar-refractivity contribution is 5.82. The second-order valence-electron chi connectivity index (χ2n) is 4.87. The van der Waals surface area contributed by atoms with Gasteiger partial charge in [0.25, 0.3) is 0 Å². The molecule has 0 aromatic carbocycles. The molecule has 0 bridgehead atoms. The minimum atomic E-state index is -0.434. The number of nitrogens with two attached hydrogens (primary N) is 1. The molecule has 3 N–H and O–H groups in total. The topological polar surface area (TPSA) is 80.9 Å². The third-order valence-electron chi connectivity index (χ3n) is 3.40. The molecule has 0 radical (unpaired) electrons. The first kappa shape index (κ1) is 15.6. The van der Waals surface area contributed by atoms with E-state index in [1.807, 2.05) is 0 Å². The Labute approximate surface area is 115 Å². The molecule has 0 aliphatic heterocycles. The molecule has 1 rings (SSSR count). The molecule has 19 heavy (non-hydrogen) atoms. The van der Waals surface area contributed by atoms with Crippen LogP contribution >= 0.6 is 0 Å². The van der Waals surface area contributed by atoms with Crippen LogP contribution in [0.4, 0.5) is 0 Å². The first-order valence-corrected chi connectivity index (χ1v) is 6.91. The molecule has 0 spiro atoms. The summed E-state index contributed by atoms with van der Waals surface area (Å²) in [5, 5.41) is 2.95. The summed E-state index contributed by atoms with van der Waals surface area (Å²) < 4.78 is 0. The Morgan fingerprint density at radius 3 is 2.53 bits per heavy atom. The Bertz CT molecular complexity index is 374. The number of carbonyl (C=O) groups excluding carboxylic acids is 1. The van der Waals surface area contributed by atoms with E-state index >= 15 is 0 Å². The number of nitrogens with one attached hydrogen (secondary N) is 1. The van der Waals surface area contributed by atoms with Gasteiger partial charge in [-0.05, 0) is 18.9 Å². The Kier molecular flexibility index (Phi) is 6.42. The lowest BCUT2D eigenvalue weighted by molar-refractivity contribution is -0.131. The van der Waals surface area contributed by atoms with Crippen molar-refractivity contribution in [2.75, 3.05) is 6.54 Å². The zero-order chi connectivity index (χ0) is 14.1. The number of aromatic nitrogens is 2. The summed E-state index contributed by atoms with van der Waals surface area (Å²) in [6.45, 7) is 4.98. The van der Waals surface area contributed by atoms with Crippen LogP contribution in [0.5, 0.6) is 0 Å². The number of hydrogen-bond acceptors (Lipinski definition) is 4. The summed E-state index contributed by atoms with van der Waals surface area (Å²) in [7, 11) is 0. The normalized spacial score (nSPS) is 11.3. The van der Waals surface area contributed by atoms with Crippen LogP contribution in [0.3, 0.4) is 0 Å². The lowest BCUT2D eigenvalue weighted by Crippen LogP contribution is -2.45. The maximum atomic E-state index is 12.4. The fourth-order valence-corrected chi connectivity index (χ4v) is 2.39. The van der Waals surface area contributed by atoms with Crippen molar-refractivity contribution < 1.29 is 4.79 Å². The largest absolute Gasteiger partial charge is 0.350 e. The average Bonchev–Trinajstić information content (AvgIpc) is 2.45. The van der Waals surface area contributed by atoms with Crippen LogP contribution in [-0.2, 0) is 11.3 Å². The van der Waals surface area contributed by atoms with Gasteiger partial charge in [-0.15, -0.1) is 0 Å². The predicted molar refractivity (Wildman–Crippen MR) is 75.2 cm³/mol. The Hall–Kier alpha value is -1.49. The molecule has 5 heteroatoms. The van der Waals surface area contributed by atoms with E-state index in [-0.39, 0.29) is 5.91 Å². The van der Waals surface area contributed by atoms with Crippen molar-refractivity contribution >= 4 is 5.91 Å². The third kappa shape index (κ3) is 4.28. The zero-order valence-electron chi connectivity index (χ0n) is 11.9. The fourth-order valence-electron chi connectivity index (χ4n) is 2.39. The molecule has 0 atom stereocenters. The van der Waals surface area contributed by atoms with Gasteiger partial charge in [0.05, 0.1) is 17.7 Å². The Morgan fingerprint density at radius 2 is 2.05 bits per heavy atom. The quantitative estimate of drug-likeness (QED) is 0.748. The van der Waals surface area contributed by atoms with Crippen LogP contribution in [0.15, 0.2) is 18.6 Å². The summed E-state index contributed by atoms with van der Waals surface area (Å²) in [4.78, 5) is 20.4. The summed E-state index contributed by atoms with van der Waals surface area (Å²) in [6, 6.07) is 1.80. The van der Waals surface area contributed by atoms with Crippen molar-refractivity contribution in [3.05, 3.63) is 24.3 Å². The van der Waals surface area contributed by atoms with Gasteiger partial charge in [-0.2, -0.15) is 0 Å². The van der Waals surface area contributed by atoms with E-state index in [9.17, 15) is 4.79 Å². The minimum Gasteiger partial charge on any atom is -0.350 e. The van der Waals surface area contributed by atoms with Crippen molar-refractivity contribution in [2.24, 2.45) is 11.1 Å². The minimum absolute atomic E-state index is 0.0392. The molecule has 1 aromatic heterocycles. The summed E-state index contributed by atoms with van der Waals surface area (Å²) in [6.07, 6.45) is 6.72. The first-order chi connectivity index (χ1) is 9.18. The molecule has 0 saturated heterocycles. The van der Waals surface area contributed by atoms with Crippen LogP contribution in [0.1, 0.15) is 45.2 Å². The number of hydrogen-bond donors (Lipinski definition) is 2. The maximum Gasteiger partial charge on any atom is 0.227 e. The molecule has 0 saturated carbocycles.